The normalized spacial score (nSPS) is 21.0. The van der Waals surface area contributed by atoms with Gasteiger partial charge in [-0.3, -0.25) is 9.59 Å². The third-order valence-electron chi connectivity index (χ3n) is 2.90. The topological polar surface area (TPSA) is 57.6 Å². The van der Waals surface area contributed by atoms with Gasteiger partial charge in [0.1, 0.15) is 0 Å². The molecule has 1 unspecified atom stereocenters. The van der Waals surface area contributed by atoms with E-state index in [1.54, 1.807) is 0 Å². The molecule has 1 N–H and O–H groups in total. The van der Waals surface area contributed by atoms with E-state index in [0.29, 0.717) is 12.8 Å². The summed E-state index contributed by atoms with van der Waals surface area (Å²) in [5.74, 6) is -0.580. The maximum atomic E-state index is 11.5. The Morgan fingerprint density at radius 1 is 1.60 bits per heavy atom. The van der Waals surface area contributed by atoms with Crippen LogP contribution in [0.15, 0.2) is 0 Å². The van der Waals surface area contributed by atoms with E-state index in [0.717, 1.165) is 25.8 Å². The van der Waals surface area contributed by atoms with Gasteiger partial charge in [-0.15, -0.1) is 0 Å². The van der Waals surface area contributed by atoms with Gasteiger partial charge in [0.15, 0.2) is 0 Å². The van der Waals surface area contributed by atoms with Gasteiger partial charge in [0.05, 0.1) is 0 Å². The van der Waals surface area contributed by atoms with Crippen molar-refractivity contribution >= 4 is 11.9 Å². The van der Waals surface area contributed by atoms with Crippen LogP contribution in [0.2, 0.25) is 0 Å². The van der Waals surface area contributed by atoms with Crippen molar-refractivity contribution in [1.29, 1.82) is 0 Å². The van der Waals surface area contributed by atoms with Crippen LogP contribution in [0.5, 0.6) is 0 Å². The van der Waals surface area contributed by atoms with Crippen molar-refractivity contribution < 1.29 is 14.7 Å². The molecular weight excluding hydrogens is 194 g/mol. The Morgan fingerprint density at radius 3 is 2.93 bits per heavy atom. The molecule has 0 saturated carbocycles. The molecule has 1 aliphatic rings. The first-order chi connectivity index (χ1) is 7.15. The molecule has 1 fully saturated rings. The second-order valence-corrected chi connectivity index (χ2v) is 4.07. The number of hydrogen-bond donors (Lipinski definition) is 1. The van der Waals surface area contributed by atoms with Crippen molar-refractivity contribution in [1.82, 2.24) is 4.90 Å². The third kappa shape index (κ3) is 3.53. The van der Waals surface area contributed by atoms with Crippen LogP contribution >= 0.6 is 0 Å². The molecule has 1 aliphatic heterocycles. The van der Waals surface area contributed by atoms with Crippen molar-refractivity contribution in [3.05, 3.63) is 0 Å². The lowest BCUT2D eigenvalue weighted by atomic mass is 10.1. The van der Waals surface area contributed by atoms with Gasteiger partial charge in [-0.2, -0.15) is 0 Å². The zero-order valence-corrected chi connectivity index (χ0v) is 9.24. The van der Waals surface area contributed by atoms with Gasteiger partial charge in [-0.05, 0) is 19.3 Å². The minimum absolute atomic E-state index is 0.167. The zero-order chi connectivity index (χ0) is 11.3. The van der Waals surface area contributed by atoms with Crippen molar-refractivity contribution in [2.75, 3.05) is 6.54 Å². The van der Waals surface area contributed by atoms with Crippen LogP contribution in [-0.2, 0) is 9.59 Å². The van der Waals surface area contributed by atoms with Gasteiger partial charge in [0, 0.05) is 25.4 Å². The minimum atomic E-state index is -0.773. The maximum absolute atomic E-state index is 11.5. The zero-order valence-electron chi connectivity index (χ0n) is 9.24. The first-order valence-electron chi connectivity index (χ1n) is 5.66. The summed E-state index contributed by atoms with van der Waals surface area (Å²) in [6.45, 7) is 2.88. The molecule has 4 nitrogen and oxygen atoms in total. The van der Waals surface area contributed by atoms with Crippen molar-refractivity contribution in [2.45, 2.75) is 51.5 Å². The van der Waals surface area contributed by atoms with Crippen LogP contribution in [0.3, 0.4) is 0 Å². The fraction of sp³-hybridized carbons (Fsp3) is 0.818. The fourth-order valence-electron chi connectivity index (χ4n) is 2.02. The molecule has 4 heteroatoms. The molecule has 15 heavy (non-hydrogen) atoms. The lowest BCUT2D eigenvalue weighted by molar-refractivity contribution is -0.138. The molecule has 0 aromatic heterocycles. The number of carboxylic acids is 1. The molecule has 86 valence electrons. The van der Waals surface area contributed by atoms with Crippen LogP contribution < -0.4 is 0 Å². The summed E-state index contributed by atoms with van der Waals surface area (Å²) in [5.41, 5.74) is 0. The molecular formula is C11H19NO3. The maximum Gasteiger partial charge on any atom is 0.303 e. The number of rotatable bonds is 6. The van der Waals surface area contributed by atoms with Gasteiger partial charge in [-0.1, -0.05) is 13.3 Å². The summed E-state index contributed by atoms with van der Waals surface area (Å²) in [7, 11) is 0. The predicted octanol–water partition coefficient (Wildman–Crippen LogP) is 1.64. The molecule has 0 bridgehead atoms. The number of likely N-dealkylation sites (tertiary alicyclic amines) is 1. The molecule has 1 atom stereocenters. The number of amides is 1. The second kappa shape index (κ2) is 5.73. The number of carbonyl (C=O) groups excluding carboxylic acids is 1. The quantitative estimate of drug-likeness (QED) is 0.729. The van der Waals surface area contributed by atoms with E-state index in [1.165, 1.54) is 0 Å². The third-order valence-corrected chi connectivity index (χ3v) is 2.90. The Morgan fingerprint density at radius 2 is 2.33 bits per heavy atom. The summed E-state index contributed by atoms with van der Waals surface area (Å²) in [6, 6.07) is 0.167. The molecule has 0 spiro atoms. The van der Waals surface area contributed by atoms with Crippen LogP contribution in [0.1, 0.15) is 45.4 Å². The molecule has 1 rings (SSSR count). The number of hydrogen-bond acceptors (Lipinski definition) is 2. The largest absolute Gasteiger partial charge is 0.481 e. The predicted molar refractivity (Wildman–Crippen MR) is 56.5 cm³/mol. The smallest absolute Gasteiger partial charge is 0.303 e. The van der Waals surface area contributed by atoms with E-state index in [2.05, 4.69) is 6.92 Å². The number of carboxylic acid groups (broad SMARTS) is 1. The van der Waals surface area contributed by atoms with Crippen LogP contribution in [-0.4, -0.2) is 34.5 Å². The van der Waals surface area contributed by atoms with E-state index < -0.39 is 5.97 Å². The molecule has 1 amide bonds. The van der Waals surface area contributed by atoms with E-state index >= 15 is 0 Å². The number of carbonyl (C=O) groups is 2. The lowest BCUT2D eigenvalue weighted by Gasteiger charge is -2.24. The van der Waals surface area contributed by atoms with Crippen molar-refractivity contribution in [3.8, 4) is 0 Å². The highest BCUT2D eigenvalue weighted by molar-refractivity contribution is 5.78. The fourth-order valence-corrected chi connectivity index (χ4v) is 2.02. The summed E-state index contributed by atoms with van der Waals surface area (Å²) in [4.78, 5) is 23.8. The van der Waals surface area contributed by atoms with Crippen LogP contribution in [0.25, 0.3) is 0 Å². The highest BCUT2D eigenvalue weighted by Gasteiger charge is 2.30. The van der Waals surface area contributed by atoms with Crippen LogP contribution in [0, 0.1) is 0 Å². The average Bonchev–Trinajstić information content (AvgIpc) is 2.53. The van der Waals surface area contributed by atoms with Crippen molar-refractivity contribution in [3.63, 3.8) is 0 Å². The van der Waals surface area contributed by atoms with Gasteiger partial charge < -0.3 is 10.0 Å². The standard InChI is InChI=1S/C11H19NO3/c1-2-3-8-12-9(4-6-10(12)13)5-7-11(14)15/h9H,2-8H2,1H3,(H,14,15). The van der Waals surface area contributed by atoms with E-state index in [-0.39, 0.29) is 18.4 Å². The number of nitrogens with zero attached hydrogens (tertiary/aromatic N) is 1. The Hall–Kier alpha value is -1.06. The summed E-state index contributed by atoms with van der Waals surface area (Å²) >= 11 is 0. The molecule has 1 saturated heterocycles. The molecule has 1 heterocycles. The van der Waals surface area contributed by atoms with E-state index in [4.69, 9.17) is 5.11 Å². The first kappa shape index (κ1) is 12.0. The highest BCUT2D eigenvalue weighted by Crippen LogP contribution is 2.22. The summed E-state index contributed by atoms with van der Waals surface area (Å²) < 4.78 is 0. The van der Waals surface area contributed by atoms with E-state index in [1.807, 2.05) is 4.90 Å². The highest BCUT2D eigenvalue weighted by atomic mass is 16.4. The Kier molecular flexibility index (Phi) is 4.59. The first-order valence-corrected chi connectivity index (χ1v) is 5.66. The number of unbranched alkanes of at least 4 members (excludes halogenated alkanes) is 1. The molecule has 0 aliphatic carbocycles. The molecule has 0 aromatic carbocycles. The summed E-state index contributed by atoms with van der Waals surface area (Å²) in [6.07, 6.45) is 4.26. The van der Waals surface area contributed by atoms with Gasteiger partial charge in [0.2, 0.25) is 5.91 Å². The monoisotopic (exact) mass is 213 g/mol. The van der Waals surface area contributed by atoms with Crippen LogP contribution in [0.4, 0.5) is 0 Å². The van der Waals surface area contributed by atoms with Crippen molar-refractivity contribution in [2.24, 2.45) is 0 Å². The SMILES string of the molecule is CCCCN1C(=O)CCC1CCC(=O)O. The average molecular weight is 213 g/mol. The second-order valence-electron chi connectivity index (χ2n) is 4.07. The summed E-state index contributed by atoms with van der Waals surface area (Å²) in [5, 5.41) is 8.60. The lowest BCUT2D eigenvalue weighted by Crippen LogP contribution is -2.34. The molecule has 0 aromatic rings. The number of aliphatic carboxylic acids is 1. The van der Waals surface area contributed by atoms with Gasteiger partial charge in [-0.25, -0.2) is 0 Å². The Balaban J connectivity index is 2.40. The molecule has 0 radical (unpaired) electrons. The Labute approximate surface area is 90.3 Å². The van der Waals surface area contributed by atoms with Gasteiger partial charge >= 0.3 is 5.97 Å². The van der Waals surface area contributed by atoms with Gasteiger partial charge in [0.25, 0.3) is 0 Å². The Bertz CT molecular complexity index is 240. The van der Waals surface area contributed by atoms with E-state index in [9.17, 15) is 9.59 Å². The minimum Gasteiger partial charge on any atom is -0.481 e.